The van der Waals surface area contributed by atoms with Crippen molar-refractivity contribution in [1.29, 1.82) is 0 Å². The fourth-order valence-electron chi connectivity index (χ4n) is 3.39. The van der Waals surface area contributed by atoms with E-state index in [9.17, 15) is 18.8 Å². The monoisotopic (exact) mass is 440 g/mol. The van der Waals surface area contributed by atoms with Crippen molar-refractivity contribution in [1.82, 2.24) is 9.13 Å². The molecule has 0 unspecified atom stereocenters. The first-order valence-corrected chi connectivity index (χ1v) is 9.36. The third-order valence-corrected chi connectivity index (χ3v) is 5.11. The topological polar surface area (TPSA) is 90.5 Å². The lowest BCUT2D eigenvalue weighted by Gasteiger charge is -2.09. The van der Waals surface area contributed by atoms with E-state index in [-0.39, 0.29) is 38.6 Å². The third-order valence-electron chi connectivity index (χ3n) is 4.79. The molecule has 0 aliphatic heterocycles. The summed E-state index contributed by atoms with van der Waals surface area (Å²) in [5, 5.41) is 9.16. The number of carbonyl (C=O) groups is 2. The summed E-state index contributed by atoms with van der Waals surface area (Å²) in [6.07, 6.45) is 0. The maximum Gasteiger partial charge on any atom is 0.340 e. The van der Waals surface area contributed by atoms with Crippen molar-refractivity contribution in [2.24, 2.45) is 0 Å². The van der Waals surface area contributed by atoms with Gasteiger partial charge in [-0.2, -0.15) is 0 Å². The summed E-state index contributed by atoms with van der Waals surface area (Å²) in [5.41, 5.74) is -0.831. The summed E-state index contributed by atoms with van der Waals surface area (Å²) in [5.74, 6) is -2.79. The Labute approximate surface area is 179 Å². The van der Waals surface area contributed by atoms with Crippen LogP contribution < -0.4 is 10.4 Å². The van der Waals surface area contributed by atoms with E-state index in [0.717, 1.165) is 15.2 Å². The second kappa shape index (κ2) is 7.73. The lowest BCUT2D eigenvalue weighted by atomic mass is 10.1. The van der Waals surface area contributed by atoms with E-state index in [2.05, 4.69) is 0 Å². The molecule has 0 bridgehead atoms. The number of rotatable bonds is 4. The van der Waals surface area contributed by atoms with Crippen LogP contribution in [0.5, 0.6) is 5.75 Å². The number of benzene rings is 3. The van der Waals surface area contributed by atoms with Crippen LogP contribution in [-0.2, 0) is 0 Å². The van der Waals surface area contributed by atoms with Crippen molar-refractivity contribution in [3.63, 3.8) is 0 Å². The minimum atomic E-state index is -1.30. The quantitative estimate of drug-likeness (QED) is 0.518. The summed E-state index contributed by atoms with van der Waals surface area (Å²) in [6, 6.07) is 14.1. The first-order chi connectivity index (χ1) is 14.8. The molecule has 0 radical (unpaired) electrons. The van der Waals surface area contributed by atoms with Gasteiger partial charge in [-0.15, -0.1) is 0 Å². The Morgan fingerprint density at radius 1 is 1.03 bits per heavy atom. The van der Waals surface area contributed by atoms with Gasteiger partial charge in [0.15, 0.2) is 0 Å². The number of hydrogen-bond acceptors (Lipinski definition) is 4. The molecule has 1 heterocycles. The molecule has 4 rings (SSSR count). The SMILES string of the molecule is COc1cccc(Cl)c1C(=O)n1c(=O)n(-c2ccc(C(=O)O)cc2F)c2ccccc21. The van der Waals surface area contributed by atoms with E-state index in [0.29, 0.717) is 0 Å². The van der Waals surface area contributed by atoms with Gasteiger partial charge in [-0.25, -0.2) is 18.5 Å². The second-order valence-corrected chi connectivity index (χ2v) is 6.94. The van der Waals surface area contributed by atoms with Crippen molar-refractivity contribution in [3.8, 4) is 11.4 Å². The van der Waals surface area contributed by atoms with Crippen LogP contribution in [0.2, 0.25) is 5.02 Å². The fraction of sp³-hybridized carbons (Fsp3) is 0.0455. The highest BCUT2D eigenvalue weighted by atomic mass is 35.5. The second-order valence-electron chi connectivity index (χ2n) is 6.54. The van der Waals surface area contributed by atoms with Gasteiger partial charge < -0.3 is 9.84 Å². The molecule has 7 nitrogen and oxygen atoms in total. The molecule has 31 heavy (non-hydrogen) atoms. The highest BCUT2D eigenvalue weighted by molar-refractivity contribution is 6.34. The molecular weight excluding hydrogens is 427 g/mol. The van der Waals surface area contributed by atoms with Crippen LogP contribution in [-0.4, -0.2) is 33.2 Å². The number of fused-ring (bicyclic) bond motifs is 1. The molecule has 1 N–H and O–H groups in total. The summed E-state index contributed by atoms with van der Waals surface area (Å²) >= 11 is 6.21. The minimum Gasteiger partial charge on any atom is -0.496 e. The van der Waals surface area contributed by atoms with Gasteiger partial charge in [-0.3, -0.25) is 9.36 Å². The van der Waals surface area contributed by atoms with Crippen LogP contribution in [0.15, 0.2) is 65.5 Å². The molecule has 0 saturated carbocycles. The normalized spacial score (nSPS) is 10.9. The molecule has 0 saturated heterocycles. The Hall–Kier alpha value is -3.91. The van der Waals surface area contributed by atoms with Crippen LogP contribution >= 0.6 is 11.6 Å². The zero-order chi connectivity index (χ0) is 22.3. The number of halogens is 2. The first kappa shape index (κ1) is 20.4. The van der Waals surface area contributed by atoms with Gasteiger partial charge in [0.1, 0.15) is 17.1 Å². The van der Waals surface area contributed by atoms with Crippen LogP contribution in [0.1, 0.15) is 20.7 Å². The highest BCUT2D eigenvalue weighted by Crippen LogP contribution is 2.28. The van der Waals surface area contributed by atoms with Crippen LogP contribution in [0, 0.1) is 5.82 Å². The molecule has 0 atom stereocenters. The zero-order valence-electron chi connectivity index (χ0n) is 16.0. The number of ether oxygens (including phenoxy) is 1. The van der Waals surface area contributed by atoms with E-state index in [1.807, 2.05) is 0 Å². The predicted octanol–water partition coefficient (Wildman–Crippen LogP) is 3.98. The number of nitrogens with zero attached hydrogens (tertiary/aromatic N) is 2. The molecular formula is C22H14ClFN2O5. The lowest BCUT2D eigenvalue weighted by molar-refractivity contribution is 0.0696. The van der Waals surface area contributed by atoms with Gasteiger partial charge in [-0.05, 0) is 42.5 Å². The number of para-hydroxylation sites is 2. The molecule has 9 heteroatoms. The van der Waals surface area contributed by atoms with Gasteiger partial charge in [0.05, 0.1) is 34.4 Å². The Bertz CT molecular complexity index is 1420. The number of imidazole rings is 1. The predicted molar refractivity (Wildman–Crippen MR) is 112 cm³/mol. The highest BCUT2D eigenvalue weighted by Gasteiger charge is 2.26. The first-order valence-electron chi connectivity index (χ1n) is 8.98. The number of carboxylic acids is 1. The summed E-state index contributed by atoms with van der Waals surface area (Å²) in [7, 11) is 1.37. The number of aromatic nitrogens is 2. The van der Waals surface area contributed by atoms with Crippen LogP contribution in [0.3, 0.4) is 0 Å². The van der Waals surface area contributed by atoms with Gasteiger partial charge in [0, 0.05) is 0 Å². The number of carboxylic acid groups (broad SMARTS) is 1. The minimum absolute atomic E-state index is 0.0154. The average molecular weight is 441 g/mol. The van der Waals surface area contributed by atoms with Crippen LogP contribution in [0.25, 0.3) is 16.7 Å². The van der Waals surface area contributed by atoms with Crippen molar-refractivity contribution in [2.75, 3.05) is 7.11 Å². The van der Waals surface area contributed by atoms with Gasteiger partial charge in [-0.1, -0.05) is 29.8 Å². The van der Waals surface area contributed by atoms with Crippen molar-refractivity contribution in [2.45, 2.75) is 0 Å². The molecule has 3 aromatic carbocycles. The molecule has 0 amide bonds. The molecule has 4 aromatic rings. The van der Waals surface area contributed by atoms with Crippen LogP contribution in [0.4, 0.5) is 4.39 Å². The Morgan fingerprint density at radius 3 is 2.39 bits per heavy atom. The summed E-state index contributed by atoms with van der Waals surface area (Å²) in [4.78, 5) is 37.8. The fourth-order valence-corrected chi connectivity index (χ4v) is 3.64. The standard InChI is InChI=1S/C22H14ClFN2O5/c1-31-18-8-4-5-13(23)19(18)20(27)26-17-7-3-2-6-16(17)25(22(26)30)15-10-9-12(21(28)29)11-14(15)24/h2-11H,1H3,(H,28,29). The number of aromatic carboxylic acids is 1. The van der Waals surface area contributed by atoms with Crippen molar-refractivity contribution < 1.29 is 23.8 Å². The molecule has 0 fully saturated rings. The van der Waals surface area contributed by atoms with Gasteiger partial charge in [0.2, 0.25) is 0 Å². The van der Waals surface area contributed by atoms with E-state index in [1.165, 1.54) is 37.4 Å². The number of hydrogen-bond donors (Lipinski definition) is 1. The number of methoxy groups -OCH3 is 1. The number of carbonyl (C=O) groups excluding carboxylic acids is 1. The molecule has 0 aliphatic rings. The molecule has 0 aliphatic carbocycles. The van der Waals surface area contributed by atoms with Crippen molar-refractivity contribution >= 4 is 34.5 Å². The van der Waals surface area contributed by atoms with Gasteiger partial charge in [0.25, 0.3) is 5.91 Å². The zero-order valence-corrected chi connectivity index (χ0v) is 16.8. The molecule has 0 spiro atoms. The lowest BCUT2D eigenvalue weighted by Crippen LogP contribution is -2.29. The molecule has 156 valence electrons. The maximum absolute atomic E-state index is 14.8. The Morgan fingerprint density at radius 2 is 1.74 bits per heavy atom. The Kier molecular flexibility index (Phi) is 5.08. The summed E-state index contributed by atoms with van der Waals surface area (Å²) < 4.78 is 21.9. The summed E-state index contributed by atoms with van der Waals surface area (Å²) in [6.45, 7) is 0. The largest absolute Gasteiger partial charge is 0.496 e. The van der Waals surface area contributed by atoms with Crippen molar-refractivity contribution in [3.05, 3.63) is 93.1 Å². The van der Waals surface area contributed by atoms with Gasteiger partial charge >= 0.3 is 11.7 Å². The third kappa shape index (κ3) is 3.27. The van der Waals surface area contributed by atoms with E-state index < -0.39 is 23.4 Å². The van der Waals surface area contributed by atoms with E-state index >= 15 is 0 Å². The average Bonchev–Trinajstić information content (AvgIpc) is 3.04. The maximum atomic E-state index is 14.8. The Balaban J connectivity index is 2.01. The van der Waals surface area contributed by atoms with E-state index in [4.69, 9.17) is 21.4 Å². The smallest absolute Gasteiger partial charge is 0.340 e. The van der Waals surface area contributed by atoms with E-state index in [1.54, 1.807) is 24.3 Å². The molecule has 1 aromatic heterocycles.